The van der Waals surface area contributed by atoms with Gasteiger partial charge in [-0.25, -0.2) is 13.1 Å². The summed E-state index contributed by atoms with van der Waals surface area (Å²) in [5.74, 6) is 0.735. The van der Waals surface area contributed by atoms with E-state index < -0.39 is 10.0 Å². The molecule has 1 aliphatic rings. The largest absolute Gasteiger partial charge is 0.467 e. The van der Waals surface area contributed by atoms with Crippen molar-refractivity contribution in [1.29, 1.82) is 0 Å². The number of sulfonamides is 1. The van der Waals surface area contributed by atoms with E-state index in [1.807, 2.05) is 11.8 Å². The van der Waals surface area contributed by atoms with E-state index in [4.69, 9.17) is 9.47 Å². The molecule has 0 saturated carbocycles. The normalized spacial score (nSPS) is 15.1. The smallest absolute Gasteiger partial charge is 0.321 e. The van der Waals surface area contributed by atoms with E-state index in [0.717, 1.165) is 5.56 Å². The summed E-state index contributed by atoms with van der Waals surface area (Å²) in [5, 5.41) is 0. The number of nitrogens with one attached hydrogen (secondary N) is 1. The number of aromatic nitrogens is 3. The van der Waals surface area contributed by atoms with Gasteiger partial charge >= 0.3 is 6.01 Å². The Morgan fingerprint density at radius 3 is 2.50 bits per heavy atom. The molecule has 0 unspecified atom stereocenters. The van der Waals surface area contributed by atoms with Crippen LogP contribution < -0.4 is 14.4 Å². The number of aryl methyl sites for hydroxylation is 1. The Hall–Kier alpha value is -2.30. The molecule has 1 saturated heterocycles. The highest BCUT2D eigenvalue weighted by Gasteiger charge is 2.19. The van der Waals surface area contributed by atoms with Crippen LogP contribution in [0.4, 0.5) is 5.95 Å². The molecule has 1 aromatic carbocycles. The molecule has 10 heteroatoms. The van der Waals surface area contributed by atoms with Gasteiger partial charge in [0.05, 0.1) is 31.8 Å². The number of methoxy groups -OCH3 is 1. The fraction of sp³-hybridized carbons (Fsp3) is 0.438. The summed E-state index contributed by atoms with van der Waals surface area (Å²) in [4.78, 5) is 14.9. The number of hydrogen-bond acceptors (Lipinski definition) is 8. The second-order valence-corrected chi connectivity index (χ2v) is 7.54. The van der Waals surface area contributed by atoms with Gasteiger partial charge in [-0.15, -0.1) is 0 Å². The molecule has 1 N–H and O–H groups in total. The van der Waals surface area contributed by atoms with Gasteiger partial charge in [-0.05, 0) is 19.1 Å². The van der Waals surface area contributed by atoms with Crippen LogP contribution >= 0.6 is 0 Å². The zero-order chi connectivity index (χ0) is 18.6. The monoisotopic (exact) mass is 379 g/mol. The van der Waals surface area contributed by atoms with Gasteiger partial charge in [0.15, 0.2) is 5.82 Å². The minimum atomic E-state index is -3.66. The van der Waals surface area contributed by atoms with E-state index in [1.54, 1.807) is 24.3 Å². The number of hydrogen-bond donors (Lipinski definition) is 1. The van der Waals surface area contributed by atoms with Crippen LogP contribution in [-0.2, 0) is 21.3 Å². The lowest BCUT2D eigenvalue weighted by atomic mass is 10.2. The highest BCUT2D eigenvalue weighted by Crippen LogP contribution is 2.15. The lowest BCUT2D eigenvalue weighted by Crippen LogP contribution is -2.37. The standard InChI is InChI=1S/C16H21N5O4S/c1-12-3-5-13(6-4-12)26(22,23)17-11-14-18-15(20-16(19-14)24-2)21-7-9-25-10-8-21/h3-6,17H,7-11H2,1-2H3. The molecule has 3 rings (SSSR count). The first-order chi connectivity index (χ1) is 12.5. The predicted octanol–water partition coefficient (Wildman–Crippen LogP) is 0.504. The fourth-order valence-electron chi connectivity index (χ4n) is 2.42. The lowest BCUT2D eigenvalue weighted by molar-refractivity contribution is 0.122. The van der Waals surface area contributed by atoms with Gasteiger partial charge in [-0.2, -0.15) is 15.0 Å². The van der Waals surface area contributed by atoms with Gasteiger partial charge in [0, 0.05) is 13.1 Å². The summed E-state index contributed by atoms with van der Waals surface area (Å²) in [7, 11) is -2.20. The van der Waals surface area contributed by atoms with Crippen LogP contribution in [-0.4, -0.2) is 56.8 Å². The summed E-state index contributed by atoms with van der Waals surface area (Å²) in [6.45, 7) is 4.32. The Bertz CT molecular complexity index is 851. The lowest BCUT2D eigenvalue weighted by Gasteiger charge is -2.26. The van der Waals surface area contributed by atoms with Gasteiger partial charge in [-0.3, -0.25) is 0 Å². The molecule has 0 atom stereocenters. The molecule has 2 aromatic rings. The number of nitrogens with zero attached hydrogens (tertiary/aromatic N) is 4. The van der Waals surface area contributed by atoms with Gasteiger partial charge in [-0.1, -0.05) is 17.7 Å². The molecule has 1 fully saturated rings. The first-order valence-electron chi connectivity index (χ1n) is 8.16. The third-order valence-electron chi connectivity index (χ3n) is 3.88. The maximum atomic E-state index is 12.4. The molecule has 0 aliphatic carbocycles. The van der Waals surface area contributed by atoms with E-state index in [9.17, 15) is 8.42 Å². The zero-order valence-electron chi connectivity index (χ0n) is 14.7. The van der Waals surface area contributed by atoms with Crippen LogP contribution in [0, 0.1) is 6.92 Å². The molecular formula is C16H21N5O4S. The topological polar surface area (TPSA) is 107 Å². The molecule has 2 heterocycles. The molecule has 0 spiro atoms. The van der Waals surface area contributed by atoms with Crippen molar-refractivity contribution in [3.05, 3.63) is 35.7 Å². The number of benzene rings is 1. The SMILES string of the molecule is COc1nc(CNS(=O)(=O)c2ccc(C)cc2)nc(N2CCOCC2)n1. The third-order valence-corrected chi connectivity index (χ3v) is 5.29. The van der Waals surface area contributed by atoms with Crippen molar-refractivity contribution in [3.8, 4) is 6.01 Å². The van der Waals surface area contributed by atoms with E-state index in [1.165, 1.54) is 7.11 Å². The van der Waals surface area contributed by atoms with Crippen LogP contribution in [0.5, 0.6) is 6.01 Å². The summed E-state index contributed by atoms with van der Waals surface area (Å²) >= 11 is 0. The average molecular weight is 379 g/mol. The van der Waals surface area contributed by atoms with Crippen LogP contribution in [0.3, 0.4) is 0 Å². The fourth-order valence-corrected chi connectivity index (χ4v) is 3.40. The van der Waals surface area contributed by atoms with Gasteiger partial charge in [0.25, 0.3) is 0 Å². The van der Waals surface area contributed by atoms with Crippen molar-refractivity contribution in [2.24, 2.45) is 0 Å². The third kappa shape index (κ3) is 4.45. The van der Waals surface area contributed by atoms with Crippen LogP contribution in [0.25, 0.3) is 0 Å². The quantitative estimate of drug-likeness (QED) is 0.773. The van der Waals surface area contributed by atoms with Gasteiger partial charge in [0.1, 0.15) is 0 Å². The summed E-state index contributed by atoms with van der Waals surface area (Å²) < 4.78 is 37.8. The maximum absolute atomic E-state index is 12.4. The molecule has 0 bridgehead atoms. The summed E-state index contributed by atoms with van der Waals surface area (Å²) in [6.07, 6.45) is 0. The van der Waals surface area contributed by atoms with Crippen molar-refractivity contribution in [2.75, 3.05) is 38.3 Å². The van der Waals surface area contributed by atoms with Crippen LogP contribution in [0.2, 0.25) is 0 Å². The minimum absolute atomic E-state index is 0.0631. The van der Waals surface area contributed by atoms with Gasteiger partial charge in [0.2, 0.25) is 16.0 Å². The van der Waals surface area contributed by atoms with Crippen molar-refractivity contribution >= 4 is 16.0 Å². The highest BCUT2D eigenvalue weighted by molar-refractivity contribution is 7.89. The van der Waals surface area contributed by atoms with Crippen molar-refractivity contribution in [1.82, 2.24) is 19.7 Å². The van der Waals surface area contributed by atoms with E-state index in [-0.39, 0.29) is 23.3 Å². The molecule has 0 radical (unpaired) electrons. The second kappa shape index (κ2) is 7.94. The van der Waals surface area contributed by atoms with E-state index in [0.29, 0.717) is 32.3 Å². The van der Waals surface area contributed by atoms with Crippen molar-refractivity contribution in [3.63, 3.8) is 0 Å². The Morgan fingerprint density at radius 1 is 1.15 bits per heavy atom. The van der Waals surface area contributed by atoms with Gasteiger partial charge < -0.3 is 14.4 Å². The Morgan fingerprint density at radius 2 is 1.85 bits per heavy atom. The Labute approximate surface area is 152 Å². The molecule has 1 aliphatic heterocycles. The Balaban J connectivity index is 1.77. The predicted molar refractivity (Wildman–Crippen MR) is 94.6 cm³/mol. The number of anilines is 1. The molecule has 26 heavy (non-hydrogen) atoms. The molecule has 0 amide bonds. The average Bonchev–Trinajstić information content (AvgIpc) is 2.67. The van der Waals surface area contributed by atoms with Crippen molar-refractivity contribution < 1.29 is 17.9 Å². The summed E-state index contributed by atoms with van der Waals surface area (Å²) in [6, 6.07) is 6.76. The number of morpholine rings is 1. The Kier molecular flexibility index (Phi) is 5.64. The second-order valence-electron chi connectivity index (χ2n) is 5.78. The van der Waals surface area contributed by atoms with Crippen LogP contribution in [0.1, 0.15) is 11.4 Å². The molecule has 1 aromatic heterocycles. The van der Waals surface area contributed by atoms with E-state index in [2.05, 4.69) is 19.7 Å². The number of rotatable bonds is 6. The highest BCUT2D eigenvalue weighted by atomic mass is 32.2. The minimum Gasteiger partial charge on any atom is -0.467 e. The number of ether oxygens (including phenoxy) is 2. The van der Waals surface area contributed by atoms with E-state index >= 15 is 0 Å². The van der Waals surface area contributed by atoms with Crippen molar-refractivity contribution in [2.45, 2.75) is 18.4 Å². The zero-order valence-corrected chi connectivity index (χ0v) is 15.5. The molecule has 9 nitrogen and oxygen atoms in total. The molecular weight excluding hydrogens is 358 g/mol. The first-order valence-corrected chi connectivity index (χ1v) is 9.64. The van der Waals surface area contributed by atoms with Crippen LogP contribution in [0.15, 0.2) is 29.2 Å². The molecule has 140 valence electrons. The first kappa shape index (κ1) is 18.5. The maximum Gasteiger partial charge on any atom is 0.321 e. The summed E-state index contributed by atoms with van der Waals surface area (Å²) in [5.41, 5.74) is 0.987.